The highest BCUT2D eigenvalue weighted by molar-refractivity contribution is 5.97. The van der Waals surface area contributed by atoms with E-state index >= 15 is 0 Å². The van der Waals surface area contributed by atoms with Crippen molar-refractivity contribution in [1.82, 2.24) is 0 Å². The molecule has 3 aromatic carbocycles. The summed E-state index contributed by atoms with van der Waals surface area (Å²) in [6.45, 7) is 7.03. The highest BCUT2D eigenvalue weighted by Gasteiger charge is 2.21. The second-order valence-corrected chi connectivity index (χ2v) is 12.0. The Hall–Kier alpha value is -5.10. The maximum absolute atomic E-state index is 13.4. The fraction of sp³-hybridized carbons (Fsp3) is 0.476. The first-order chi connectivity index (χ1) is 28.3. The van der Waals surface area contributed by atoms with E-state index in [9.17, 15) is 9.59 Å². The average Bonchev–Trinajstić information content (AvgIpc) is 3.23. The van der Waals surface area contributed by atoms with Crippen molar-refractivity contribution in [3.63, 3.8) is 0 Å². The monoisotopic (exact) mass is 816 g/mol. The predicted molar refractivity (Wildman–Crippen MR) is 212 cm³/mol. The quantitative estimate of drug-likeness (QED) is 0.0615. The largest absolute Gasteiger partial charge is 0.487 e. The Bertz CT molecular complexity index is 1630. The highest BCUT2D eigenvalue weighted by atomic mass is 16.6. The summed E-state index contributed by atoms with van der Waals surface area (Å²) in [6, 6.07) is 11.3. The number of carbonyl (C=O) groups is 2. The summed E-state index contributed by atoms with van der Waals surface area (Å²) in [5, 5.41) is 0. The fourth-order valence-corrected chi connectivity index (χ4v) is 5.04. The molecule has 0 radical (unpaired) electrons. The summed E-state index contributed by atoms with van der Waals surface area (Å²) < 4.78 is 77.9. The molecule has 320 valence electrons. The number of ether oxygens (including phenoxy) is 14. The Morgan fingerprint density at radius 2 is 0.810 bits per heavy atom. The Balaban J connectivity index is 1.79. The molecular weight excluding hydrogens is 760 g/mol. The van der Waals surface area contributed by atoms with E-state index in [2.05, 4.69) is 6.58 Å². The van der Waals surface area contributed by atoms with E-state index < -0.39 is 11.9 Å². The van der Waals surface area contributed by atoms with E-state index in [4.69, 9.17) is 66.3 Å². The minimum Gasteiger partial charge on any atom is -0.487 e. The van der Waals surface area contributed by atoms with E-state index in [1.165, 1.54) is 24.3 Å². The van der Waals surface area contributed by atoms with Gasteiger partial charge in [0.1, 0.15) is 52.9 Å². The van der Waals surface area contributed by atoms with Crippen LogP contribution in [0.5, 0.6) is 34.5 Å². The van der Waals surface area contributed by atoms with Crippen LogP contribution in [-0.4, -0.2) is 134 Å². The van der Waals surface area contributed by atoms with Crippen molar-refractivity contribution < 1.29 is 75.9 Å². The molecule has 0 amide bonds. The van der Waals surface area contributed by atoms with Crippen LogP contribution in [0.1, 0.15) is 37.4 Å². The number of methoxy groups -OCH3 is 6. The number of carbonyl (C=O) groups excluding carboxylic acids is 2. The van der Waals surface area contributed by atoms with Crippen LogP contribution in [0.4, 0.5) is 0 Å². The summed E-state index contributed by atoms with van der Waals surface area (Å²) in [5.41, 5.74) is 1.90. The molecule has 3 rings (SSSR count). The molecule has 0 unspecified atom stereocenters. The van der Waals surface area contributed by atoms with Crippen molar-refractivity contribution in [2.45, 2.75) is 13.2 Å². The van der Waals surface area contributed by atoms with Crippen LogP contribution in [0.3, 0.4) is 0 Å². The molecule has 0 fully saturated rings. The molecule has 0 aliphatic rings. The minimum atomic E-state index is -0.645. The summed E-state index contributed by atoms with van der Waals surface area (Å²) >= 11 is 0. The molecule has 0 bridgehead atoms. The second kappa shape index (κ2) is 27.5. The van der Waals surface area contributed by atoms with Crippen molar-refractivity contribution in [3.05, 3.63) is 76.9 Å². The van der Waals surface area contributed by atoms with E-state index in [-0.39, 0.29) is 64.0 Å². The van der Waals surface area contributed by atoms with Crippen LogP contribution >= 0.6 is 0 Å². The van der Waals surface area contributed by atoms with Gasteiger partial charge in [0.05, 0.1) is 50.8 Å². The molecule has 3 aromatic rings. The molecule has 0 spiro atoms. The van der Waals surface area contributed by atoms with Gasteiger partial charge in [0, 0.05) is 42.7 Å². The van der Waals surface area contributed by atoms with Gasteiger partial charge in [-0.2, -0.15) is 0 Å². The molecule has 16 heteroatoms. The van der Waals surface area contributed by atoms with Crippen LogP contribution in [0, 0.1) is 0 Å². The summed E-state index contributed by atoms with van der Waals surface area (Å²) in [7, 11) is 9.41. The number of esters is 2. The summed E-state index contributed by atoms with van der Waals surface area (Å²) in [4.78, 5) is 26.7. The molecule has 0 aliphatic heterocycles. The van der Waals surface area contributed by atoms with Crippen LogP contribution in [-0.2, 0) is 51.1 Å². The van der Waals surface area contributed by atoms with Gasteiger partial charge in [-0.1, -0.05) is 12.7 Å². The van der Waals surface area contributed by atoms with Crippen molar-refractivity contribution in [2.24, 2.45) is 0 Å². The van der Waals surface area contributed by atoms with E-state index in [0.717, 1.165) is 0 Å². The first-order valence-electron chi connectivity index (χ1n) is 18.5. The lowest BCUT2D eigenvalue weighted by molar-refractivity contribution is 0.0457. The van der Waals surface area contributed by atoms with Crippen LogP contribution < -0.4 is 28.4 Å². The lowest BCUT2D eigenvalue weighted by Crippen LogP contribution is -2.13. The van der Waals surface area contributed by atoms with Crippen LogP contribution in [0.2, 0.25) is 0 Å². The van der Waals surface area contributed by atoms with Gasteiger partial charge in [-0.3, -0.25) is 0 Å². The van der Waals surface area contributed by atoms with Gasteiger partial charge >= 0.3 is 11.9 Å². The molecule has 0 heterocycles. The van der Waals surface area contributed by atoms with Crippen molar-refractivity contribution in [1.29, 1.82) is 0 Å². The van der Waals surface area contributed by atoms with Gasteiger partial charge in [-0.25, -0.2) is 9.59 Å². The molecule has 16 nitrogen and oxygen atoms in total. The lowest BCUT2D eigenvalue weighted by Gasteiger charge is -2.19. The molecule has 0 aliphatic carbocycles. The topological polar surface area (TPSA) is 163 Å². The van der Waals surface area contributed by atoms with Crippen molar-refractivity contribution >= 4 is 18.0 Å². The molecular formula is C42H56O16. The van der Waals surface area contributed by atoms with Crippen molar-refractivity contribution in [3.8, 4) is 34.5 Å². The lowest BCUT2D eigenvalue weighted by atomic mass is 10.0. The van der Waals surface area contributed by atoms with E-state index in [0.29, 0.717) is 90.8 Å². The molecule has 58 heavy (non-hydrogen) atoms. The zero-order valence-corrected chi connectivity index (χ0v) is 34.3. The fourth-order valence-electron chi connectivity index (χ4n) is 5.04. The van der Waals surface area contributed by atoms with Gasteiger partial charge in [-0.05, 0) is 59.2 Å². The third-order valence-electron chi connectivity index (χ3n) is 7.88. The average molecular weight is 817 g/mol. The standard InChI is InChI=1S/C42H56O16/c1-8-32-27-33(41(43)57-28-30-23-35(51-17-11-45-2)39(55-21-15-49-6)36(24-30)52-18-12-46-3)9-10-34(32)42(44)58-29-31-25-37(53-19-13-47-4)40(56-22-16-50-7)38(26-31)54-20-14-48-5/h8-10,23-27H,1,11-22,28-29H2,2-7H3. The molecule has 0 aromatic heterocycles. The first kappa shape index (κ1) is 47.3. The normalized spacial score (nSPS) is 10.8. The third-order valence-corrected chi connectivity index (χ3v) is 7.88. The minimum absolute atomic E-state index is 0.129. The van der Waals surface area contributed by atoms with Gasteiger partial charge in [-0.15, -0.1) is 0 Å². The number of benzene rings is 3. The molecule has 0 N–H and O–H groups in total. The highest BCUT2D eigenvalue weighted by Crippen LogP contribution is 2.41. The van der Waals surface area contributed by atoms with Gasteiger partial charge in [0.15, 0.2) is 23.0 Å². The Labute approximate surface area is 340 Å². The first-order valence-corrected chi connectivity index (χ1v) is 18.5. The molecule has 0 saturated carbocycles. The molecule has 0 saturated heterocycles. The zero-order valence-electron chi connectivity index (χ0n) is 34.3. The summed E-state index contributed by atoms with van der Waals surface area (Å²) in [6.07, 6.45) is 1.46. The Morgan fingerprint density at radius 1 is 0.466 bits per heavy atom. The Kier molecular flexibility index (Phi) is 22.4. The van der Waals surface area contributed by atoms with Crippen molar-refractivity contribution in [2.75, 3.05) is 122 Å². The number of hydrogen-bond donors (Lipinski definition) is 0. The van der Waals surface area contributed by atoms with Crippen LogP contribution in [0.25, 0.3) is 6.08 Å². The van der Waals surface area contributed by atoms with Gasteiger partial charge in [0.2, 0.25) is 11.5 Å². The van der Waals surface area contributed by atoms with Crippen LogP contribution in [0.15, 0.2) is 49.0 Å². The maximum atomic E-state index is 13.4. The molecule has 0 atom stereocenters. The maximum Gasteiger partial charge on any atom is 0.339 e. The Morgan fingerprint density at radius 3 is 1.16 bits per heavy atom. The number of hydrogen-bond acceptors (Lipinski definition) is 16. The second-order valence-electron chi connectivity index (χ2n) is 12.0. The SMILES string of the molecule is C=Cc1cc(C(=O)OCc2cc(OCCOC)c(OCCOC)c(OCCOC)c2)ccc1C(=O)OCc1cc(OCCOC)c(OCCOC)c(OCCOC)c1. The third kappa shape index (κ3) is 15.7. The zero-order chi connectivity index (χ0) is 42.0. The predicted octanol–water partition coefficient (Wildman–Crippen LogP) is 5.19. The summed E-state index contributed by atoms with van der Waals surface area (Å²) in [5.74, 6) is 0.957. The van der Waals surface area contributed by atoms with Gasteiger partial charge in [0.25, 0.3) is 0 Å². The van der Waals surface area contributed by atoms with E-state index in [1.54, 1.807) is 66.9 Å². The number of rotatable bonds is 31. The smallest absolute Gasteiger partial charge is 0.339 e. The van der Waals surface area contributed by atoms with Gasteiger partial charge < -0.3 is 66.3 Å². The van der Waals surface area contributed by atoms with E-state index in [1.807, 2.05) is 0 Å².